The molecule has 0 aromatic rings. The van der Waals surface area contributed by atoms with Crippen LogP contribution in [-0.4, -0.2) is 93.7 Å². The third-order valence-corrected chi connectivity index (χ3v) is 9.31. The lowest BCUT2D eigenvalue weighted by atomic mass is 10.1. The topological polar surface area (TPSA) is 91.8 Å². The minimum Gasteiger partial charge on any atom is -0.297 e. The van der Waals surface area contributed by atoms with Gasteiger partial charge in [0, 0.05) is 12.1 Å². The van der Waals surface area contributed by atoms with Crippen LogP contribution >= 0.6 is 0 Å². The van der Waals surface area contributed by atoms with Gasteiger partial charge >= 0.3 is 0 Å². The summed E-state index contributed by atoms with van der Waals surface area (Å²) >= 11 is 0. The smallest absolute Gasteiger partial charge is 0.160 e. The highest BCUT2D eigenvalue weighted by atomic mass is 32.2. The van der Waals surface area contributed by atoms with E-state index >= 15 is 0 Å². The van der Waals surface area contributed by atoms with E-state index in [-0.39, 0.29) is 54.0 Å². The molecule has 28 heavy (non-hydrogen) atoms. The Morgan fingerprint density at radius 3 is 1.46 bits per heavy atom. The van der Waals surface area contributed by atoms with E-state index in [1.165, 1.54) is 0 Å². The van der Waals surface area contributed by atoms with Crippen molar-refractivity contribution in [1.82, 2.24) is 9.80 Å². The number of carbonyl (C=O) groups is 1. The monoisotopic (exact) mass is 436 g/mol. The molecular formula is C19H36N2O5S2. The lowest BCUT2D eigenvalue weighted by Gasteiger charge is -2.30. The van der Waals surface area contributed by atoms with Crippen LogP contribution in [0.1, 0.15) is 52.4 Å². The highest BCUT2D eigenvalue weighted by Crippen LogP contribution is 2.20. The van der Waals surface area contributed by atoms with Crippen molar-refractivity contribution in [3.05, 3.63) is 0 Å². The fourth-order valence-corrected chi connectivity index (χ4v) is 7.66. The van der Waals surface area contributed by atoms with E-state index in [4.69, 9.17) is 0 Å². The molecule has 2 saturated heterocycles. The molecule has 9 heteroatoms. The van der Waals surface area contributed by atoms with Crippen LogP contribution in [0.25, 0.3) is 0 Å². The van der Waals surface area contributed by atoms with Crippen LogP contribution < -0.4 is 0 Å². The maximum Gasteiger partial charge on any atom is 0.160 e. The SMILES string of the molecule is CCCCN(CC(=O)CN(CCCC)[C@H]1CCS(=O)(=O)C1)[C@@H]1CCS(=O)(=O)C1. The maximum absolute atomic E-state index is 12.8. The Morgan fingerprint density at radius 1 is 0.786 bits per heavy atom. The number of ketones is 1. The van der Waals surface area contributed by atoms with Gasteiger partial charge in [0.05, 0.1) is 36.1 Å². The summed E-state index contributed by atoms with van der Waals surface area (Å²) in [4.78, 5) is 16.9. The standard InChI is InChI=1S/C19H36N2O5S2/c1-3-5-9-20(17-7-11-27(23,24)15-17)13-19(22)14-21(10-6-4-2)18-8-12-28(25,26)16-18/h17-18H,3-16H2,1-2H3/t17-,18+. The van der Waals surface area contributed by atoms with Crippen molar-refractivity contribution in [2.45, 2.75) is 64.5 Å². The lowest BCUT2D eigenvalue weighted by molar-refractivity contribution is -0.122. The van der Waals surface area contributed by atoms with Crippen LogP contribution in [0.3, 0.4) is 0 Å². The number of unbranched alkanes of at least 4 members (excludes halogenated alkanes) is 2. The predicted molar refractivity (Wildman–Crippen MR) is 112 cm³/mol. The highest BCUT2D eigenvalue weighted by molar-refractivity contribution is 7.91. The van der Waals surface area contributed by atoms with Gasteiger partial charge in [-0.15, -0.1) is 0 Å². The molecule has 0 bridgehead atoms. The molecule has 7 nitrogen and oxygen atoms in total. The highest BCUT2D eigenvalue weighted by Gasteiger charge is 2.35. The molecule has 2 atom stereocenters. The molecule has 0 saturated carbocycles. The van der Waals surface area contributed by atoms with Crippen LogP contribution in [0.5, 0.6) is 0 Å². The van der Waals surface area contributed by atoms with Crippen molar-refractivity contribution in [2.75, 3.05) is 49.2 Å². The quantitative estimate of drug-likeness (QED) is 0.453. The number of carbonyl (C=O) groups excluding carboxylic acids is 1. The van der Waals surface area contributed by atoms with Gasteiger partial charge in [0.1, 0.15) is 0 Å². The Morgan fingerprint density at radius 2 is 1.18 bits per heavy atom. The molecule has 0 aromatic carbocycles. The van der Waals surface area contributed by atoms with Crippen molar-refractivity contribution in [2.24, 2.45) is 0 Å². The molecule has 2 rings (SSSR count). The van der Waals surface area contributed by atoms with E-state index < -0.39 is 19.7 Å². The predicted octanol–water partition coefficient (Wildman–Crippen LogP) is 1.13. The minimum absolute atomic E-state index is 0.0563. The van der Waals surface area contributed by atoms with E-state index in [1.807, 2.05) is 9.80 Å². The van der Waals surface area contributed by atoms with Gasteiger partial charge in [-0.2, -0.15) is 0 Å². The Kier molecular flexibility index (Phi) is 8.91. The number of rotatable bonds is 12. The summed E-state index contributed by atoms with van der Waals surface area (Å²) in [5.74, 6) is 0.754. The van der Waals surface area contributed by atoms with E-state index in [2.05, 4.69) is 13.8 Å². The summed E-state index contributed by atoms with van der Waals surface area (Å²) in [5.41, 5.74) is 0. The van der Waals surface area contributed by atoms with Crippen LogP contribution in [0.15, 0.2) is 0 Å². The molecule has 0 amide bonds. The van der Waals surface area contributed by atoms with Gasteiger partial charge in [0.15, 0.2) is 25.5 Å². The third kappa shape index (κ3) is 7.39. The van der Waals surface area contributed by atoms with E-state index in [0.29, 0.717) is 12.8 Å². The third-order valence-electron chi connectivity index (χ3n) is 5.81. The number of Topliss-reactive ketones (excluding diaryl/α,β-unsaturated/α-hetero) is 1. The van der Waals surface area contributed by atoms with Crippen molar-refractivity contribution >= 4 is 25.5 Å². The first kappa shape index (κ1) is 23.8. The first-order valence-corrected chi connectivity index (χ1v) is 14.2. The summed E-state index contributed by atoms with van der Waals surface area (Å²) < 4.78 is 47.4. The number of hydrogen-bond donors (Lipinski definition) is 0. The van der Waals surface area contributed by atoms with Gasteiger partial charge in [-0.1, -0.05) is 26.7 Å². The molecule has 2 aliphatic rings. The van der Waals surface area contributed by atoms with Crippen molar-refractivity contribution in [3.63, 3.8) is 0 Å². The number of nitrogens with zero attached hydrogens (tertiary/aromatic N) is 2. The van der Waals surface area contributed by atoms with Crippen LogP contribution in [0, 0.1) is 0 Å². The summed E-state index contributed by atoms with van der Waals surface area (Å²) in [6.07, 6.45) is 5.05. The minimum atomic E-state index is -2.99. The van der Waals surface area contributed by atoms with E-state index in [9.17, 15) is 21.6 Å². The maximum atomic E-state index is 12.8. The molecule has 0 aromatic heterocycles. The van der Waals surface area contributed by atoms with E-state index in [0.717, 1.165) is 38.8 Å². The normalized spacial score (nSPS) is 26.3. The Balaban J connectivity index is 1.99. The molecule has 2 heterocycles. The van der Waals surface area contributed by atoms with Crippen LogP contribution in [0.2, 0.25) is 0 Å². The zero-order valence-corrected chi connectivity index (χ0v) is 18.9. The van der Waals surface area contributed by atoms with Crippen molar-refractivity contribution in [3.8, 4) is 0 Å². The largest absolute Gasteiger partial charge is 0.297 e. The number of sulfone groups is 2. The summed E-state index contributed by atoms with van der Waals surface area (Å²) in [7, 11) is -5.99. The molecule has 2 fully saturated rings. The Hall–Kier alpha value is -0.510. The lowest BCUT2D eigenvalue weighted by Crippen LogP contribution is -2.46. The molecule has 0 N–H and O–H groups in total. The Labute approximate surface area is 170 Å². The van der Waals surface area contributed by atoms with Gasteiger partial charge in [-0.3, -0.25) is 14.6 Å². The van der Waals surface area contributed by atoms with Gasteiger partial charge in [-0.05, 0) is 38.8 Å². The van der Waals surface area contributed by atoms with Gasteiger partial charge in [0.25, 0.3) is 0 Å². The molecule has 2 aliphatic heterocycles. The van der Waals surface area contributed by atoms with E-state index in [1.54, 1.807) is 0 Å². The summed E-state index contributed by atoms with van der Waals surface area (Å²) in [5, 5.41) is 0. The van der Waals surface area contributed by atoms with Gasteiger partial charge in [0.2, 0.25) is 0 Å². The average Bonchev–Trinajstić information content (AvgIpc) is 3.16. The van der Waals surface area contributed by atoms with Gasteiger partial charge in [-0.25, -0.2) is 16.8 Å². The molecule has 0 radical (unpaired) electrons. The first-order valence-electron chi connectivity index (χ1n) is 10.6. The van der Waals surface area contributed by atoms with Crippen LogP contribution in [-0.2, 0) is 24.5 Å². The summed E-state index contributed by atoms with van der Waals surface area (Å²) in [6, 6.07) is -0.145. The molecule has 0 spiro atoms. The fraction of sp³-hybridized carbons (Fsp3) is 0.947. The molecule has 164 valence electrons. The first-order chi connectivity index (χ1) is 13.2. The molecular weight excluding hydrogens is 400 g/mol. The van der Waals surface area contributed by atoms with Crippen molar-refractivity contribution < 1.29 is 21.6 Å². The second kappa shape index (κ2) is 10.5. The second-order valence-corrected chi connectivity index (χ2v) is 12.8. The zero-order chi connectivity index (χ0) is 20.8. The fourth-order valence-electron chi connectivity index (χ4n) is 4.13. The Bertz CT molecular complexity index is 661. The molecule has 0 unspecified atom stereocenters. The van der Waals surface area contributed by atoms with Crippen LogP contribution in [0.4, 0.5) is 0 Å². The molecule has 0 aliphatic carbocycles. The second-order valence-electron chi connectivity index (χ2n) is 8.30. The zero-order valence-electron chi connectivity index (χ0n) is 17.3. The summed E-state index contributed by atoms with van der Waals surface area (Å²) in [6.45, 7) is 6.13. The average molecular weight is 437 g/mol. The van der Waals surface area contributed by atoms with Crippen molar-refractivity contribution in [1.29, 1.82) is 0 Å². The van der Waals surface area contributed by atoms with Gasteiger partial charge < -0.3 is 0 Å². The number of hydrogen-bond acceptors (Lipinski definition) is 7.